The van der Waals surface area contributed by atoms with Gasteiger partial charge in [-0.2, -0.15) is 0 Å². The van der Waals surface area contributed by atoms with Gasteiger partial charge in [0.15, 0.2) is 5.78 Å². The van der Waals surface area contributed by atoms with E-state index in [1.807, 2.05) is 25.1 Å². The highest BCUT2D eigenvalue weighted by Gasteiger charge is 2.11. The Labute approximate surface area is 88.1 Å². The Morgan fingerprint density at radius 1 is 1.40 bits per heavy atom. The first kappa shape index (κ1) is 9.93. The topological polar surface area (TPSA) is 42.2 Å². The highest BCUT2D eigenvalue weighted by atomic mass is 16.3. The minimum Gasteiger partial charge on any atom is -0.464 e. The summed E-state index contributed by atoms with van der Waals surface area (Å²) in [4.78, 5) is 11.7. The van der Waals surface area contributed by atoms with Crippen LogP contribution in [0.1, 0.15) is 15.9 Å². The Morgan fingerprint density at radius 3 is 2.93 bits per heavy atom. The molecule has 0 saturated carbocycles. The number of furan rings is 1. The zero-order valence-corrected chi connectivity index (χ0v) is 8.83. The van der Waals surface area contributed by atoms with E-state index in [-0.39, 0.29) is 5.78 Å². The van der Waals surface area contributed by atoms with Crippen molar-refractivity contribution in [3.05, 3.63) is 35.6 Å². The third-order valence-electron chi connectivity index (χ3n) is 2.54. The molecule has 3 heteroatoms. The minimum atomic E-state index is 0.109. The molecular weight excluding hydrogens is 190 g/mol. The van der Waals surface area contributed by atoms with Crippen molar-refractivity contribution < 1.29 is 9.21 Å². The highest BCUT2D eigenvalue weighted by molar-refractivity contribution is 6.02. The summed E-state index contributed by atoms with van der Waals surface area (Å²) in [7, 11) is 1.77. The van der Waals surface area contributed by atoms with Crippen molar-refractivity contribution in [1.82, 2.24) is 5.32 Å². The lowest BCUT2D eigenvalue weighted by Crippen LogP contribution is -2.19. The number of rotatable bonds is 3. The van der Waals surface area contributed by atoms with Crippen molar-refractivity contribution in [2.45, 2.75) is 6.92 Å². The molecule has 0 radical (unpaired) electrons. The molecule has 1 aromatic heterocycles. The Balaban J connectivity index is 2.52. The summed E-state index contributed by atoms with van der Waals surface area (Å²) < 4.78 is 5.27. The van der Waals surface area contributed by atoms with Crippen molar-refractivity contribution in [3.63, 3.8) is 0 Å². The first-order valence-corrected chi connectivity index (χ1v) is 4.88. The van der Waals surface area contributed by atoms with E-state index in [0.717, 1.165) is 22.1 Å². The largest absolute Gasteiger partial charge is 0.464 e. The number of carbonyl (C=O) groups excluding carboxylic acids is 1. The maximum absolute atomic E-state index is 11.7. The van der Waals surface area contributed by atoms with Crippen LogP contribution in [0.5, 0.6) is 0 Å². The maximum atomic E-state index is 11.7. The zero-order chi connectivity index (χ0) is 10.8. The standard InChI is InChI=1S/C12H13NO2/c1-8-9(11(14)7-13-2)3-4-12-10(8)5-6-15-12/h3-6,13H,7H2,1-2H3. The summed E-state index contributed by atoms with van der Waals surface area (Å²) in [5, 5.41) is 3.87. The molecule has 0 saturated heterocycles. The molecule has 0 aliphatic rings. The SMILES string of the molecule is CNCC(=O)c1ccc2occc2c1C. The smallest absolute Gasteiger partial charge is 0.176 e. The summed E-state index contributed by atoms with van der Waals surface area (Å²) >= 11 is 0. The number of Topliss-reactive ketones (excluding diaryl/α,β-unsaturated/α-hetero) is 1. The van der Waals surface area contributed by atoms with Crippen LogP contribution in [-0.4, -0.2) is 19.4 Å². The van der Waals surface area contributed by atoms with Crippen LogP contribution in [-0.2, 0) is 0 Å². The normalized spacial score (nSPS) is 10.8. The molecule has 0 unspecified atom stereocenters. The summed E-state index contributed by atoms with van der Waals surface area (Å²) in [6.07, 6.45) is 1.64. The van der Waals surface area contributed by atoms with Crippen molar-refractivity contribution >= 4 is 16.8 Å². The predicted molar refractivity (Wildman–Crippen MR) is 59.2 cm³/mol. The van der Waals surface area contributed by atoms with Gasteiger partial charge in [-0.1, -0.05) is 0 Å². The number of nitrogens with one attached hydrogen (secondary N) is 1. The summed E-state index contributed by atoms with van der Waals surface area (Å²) in [6, 6.07) is 5.55. The molecule has 1 N–H and O–H groups in total. The summed E-state index contributed by atoms with van der Waals surface area (Å²) in [5.74, 6) is 0.109. The maximum Gasteiger partial charge on any atom is 0.176 e. The predicted octanol–water partition coefficient (Wildman–Crippen LogP) is 2.14. The van der Waals surface area contributed by atoms with Crippen LogP contribution < -0.4 is 5.32 Å². The van der Waals surface area contributed by atoms with Gasteiger partial charge < -0.3 is 9.73 Å². The van der Waals surface area contributed by atoms with Gasteiger partial charge >= 0.3 is 0 Å². The van der Waals surface area contributed by atoms with Crippen molar-refractivity contribution in [2.75, 3.05) is 13.6 Å². The van der Waals surface area contributed by atoms with E-state index in [0.29, 0.717) is 6.54 Å². The first-order valence-electron chi connectivity index (χ1n) is 4.88. The van der Waals surface area contributed by atoms with Crippen molar-refractivity contribution in [3.8, 4) is 0 Å². The second kappa shape index (κ2) is 3.87. The molecule has 78 valence electrons. The monoisotopic (exact) mass is 203 g/mol. The van der Waals surface area contributed by atoms with Crippen LogP contribution in [0.4, 0.5) is 0 Å². The van der Waals surface area contributed by atoms with Gasteiger partial charge in [-0.3, -0.25) is 4.79 Å². The lowest BCUT2D eigenvalue weighted by Gasteiger charge is -2.04. The van der Waals surface area contributed by atoms with Crippen LogP contribution in [0.25, 0.3) is 11.0 Å². The number of benzene rings is 1. The van der Waals surface area contributed by atoms with E-state index in [9.17, 15) is 4.79 Å². The lowest BCUT2D eigenvalue weighted by atomic mass is 10.0. The molecule has 0 atom stereocenters. The van der Waals surface area contributed by atoms with Crippen LogP contribution in [0.2, 0.25) is 0 Å². The fourth-order valence-electron chi connectivity index (χ4n) is 1.75. The Kier molecular flexibility index (Phi) is 2.56. The van der Waals surface area contributed by atoms with Gasteiger partial charge in [0.05, 0.1) is 12.8 Å². The average Bonchev–Trinajstić information content (AvgIpc) is 2.67. The van der Waals surface area contributed by atoms with E-state index in [4.69, 9.17) is 4.42 Å². The van der Waals surface area contributed by atoms with Gasteiger partial charge in [0.1, 0.15) is 5.58 Å². The second-order valence-electron chi connectivity index (χ2n) is 3.52. The van der Waals surface area contributed by atoms with Gasteiger partial charge in [-0.25, -0.2) is 0 Å². The third-order valence-corrected chi connectivity index (χ3v) is 2.54. The molecule has 0 aliphatic carbocycles. The van der Waals surface area contributed by atoms with Gasteiger partial charge in [-0.15, -0.1) is 0 Å². The van der Waals surface area contributed by atoms with Crippen molar-refractivity contribution in [2.24, 2.45) is 0 Å². The van der Waals surface area contributed by atoms with Crippen LogP contribution in [0, 0.1) is 6.92 Å². The fourth-order valence-corrected chi connectivity index (χ4v) is 1.75. The molecule has 0 amide bonds. The fraction of sp³-hybridized carbons (Fsp3) is 0.250. The molecule has 15 heavy (non-hydrogen) atoms. The Bertz CT molecular complexity index is 499. The molecule has 0 fully saturated rings. The van der Waals surface area contributed by atoms with Crippen LogP contribution >= 0.6 is 0 Å². The van der Waals surface area contributed by atoms with Gasteiger partial charge in [0, 0.05) is 10.9 Å². The molecule has 3 nitrogen and oxygen atoms in total. The molecule has 2 rings (SSSR count). The number of hydrogen-bond donors (Lipinski definition) is 1. The molecule has 0 spiro atoms. The summed E-state index contributed by atoms with van der Waals surface area (Å²) in [6.45, 7) is 2.31. The number of likely N-dealkylation sites (N-methyl/N-ethyl adjacent to an activating group) is 1. The number of ketones is 1. The minimum absolute atomic E-state index is 0.109. The molecule has 1 aromatic carbocycles. The number of aryl methyl sites for hydroxylation is 1. The third kappa shape index (κ3) is 1.66. The molecule has 2 aromatic rings. The number of hydrogen-bond acceptors (Lipinski definition) is 3. The Morgan fingerprint density at radius 2 is 2.20 bits per heavy atom. The van der Waals surface area contributed by atoms with Gasteiger partial charge in [0.2, 0.25) is 0 Å². The molecule has 0 bridgehead atoms. The first-order chi connectivity index (χ1) is 7.24. The van der Waals surface area contributed by atoms with Crippen LogP contribution in [0.15, 0.2) is 28.9 Å². The molecule has 1 heterocycles. The van der Waals surface area contributed by atoms with E-state index in [2.05, 4.69) is 5.32 Å². The van der Waals surface area contributed by atoms with Gasteiger partial charge in [-0.05, 0) is 37.7 Å². The molecular formula is C12H13NO2. The van der Waals surface area contributed by atoms with Crippen molar-refractivity contribution in [1.29, 1.82) is 0 Å². The Hall–Kier alpha value is -1.61. The van der Waals surface area contributed by atoms with Gasteiger partial charge in [0.25, 0.3) is 0 Å². The second-order valence-corrected chi connectivity index (χ2v) is 3.52. The number of fused-ring (bicyclic) bond motifs is 1. The van der Waals surface area contributed by atoms with E-state index >= 15 is 0 Å². The highest BCUT2D eigenvalue weighted by Crippen LogP contribution is 2.22. The summed E-state index contributed by atoms with van der Waals surface area (Å²) in [5.41, 5.74) is 2.58. The van der Waals surface area contributed by atoms with E-state index < -0.39 is 0 Å². The van der Waals surface area contributed by atoms with E-state index in [1.54, 1.807) is 13.3 Å². The quantitative estimate of drug-likeness (QED) is 0.777. The van der Waals surface area contributed by atoms with Crippen LogP contribution in [0.3, 0.4) is 0 Å². The lowest BCUT2D eigenvalue weighted by molar-refractivity contribution is 0.0993. The average molecular weight is 203 g/mol. The number of carbonyl (C=O) groups is 1. The molecule has 0 aliphatic heterocycles. The zero-order valence-electron chi connectivity index (χ0n) is 8.83. The van der Waals surface area contributed by atoms with E-state index in [1.165, 1.54) is 0 Å².